The van der Waals surface area contributed by atoms with E-state index in [2.05, 4.69) is 5.32 Å². The highest BCUT2D eigenvalue weighted by Gasteiger charge is 2.13. The number of carbonyl (C=O) groups is 2. The molecule has 0 unspecified atom stereocenters. The zero-order valence-electron chi connectivity index (χ0n) is 10.6. The monoisotopic (exact) mass is 312 g/mol. The standard InChI is InChI=1S/C13H10F2N2O3S/c14-9-2-1-7(5-10(9)15)20-6-11(18)17-13-8(12(16)19)3-4-21-13/h1-5H,6H2,(H2,16,19)(H,17,18). The van der Waals surface area contributed by atoms with Gasteiger partial charge in [-0.15, -0.1) is 11.3 Å². The summed E-state index contributed by atoms with van der Waals surface area (Å²) in [7, 11) is 0. The van der Waals surface area contributed by atoms with Gasteiger partial charge in [0.1, 0.15) is 10.8 Å². The van der Waals surface area contributed by atoms with Crippen molar-refractivity contribution in [1.82, 2.24) is 0 Å². The maximum atomic E-state index is 12.9. The van der Waals surface area contributed by atoms with Gasteiger partial charge in [-0.1, -0.05) is 0 Å². The molecule has 0 spiro atoms. The minimum absolute atomic E-state index is 0.0188. The van der Waals surface area contributed by atoms with Crippen LogP contribution in [0.15, 0.2) is 29.6 Å². The summed E-state index contributed by atoms with van der Waals surface area (Å²) in [6, 6.07) is 4.42. The van der Waals surface area contributed by atoms with Crippen molar-refractivity contribution in [3.8, 4) is 5.75 Å². The Kier molecular flexibility index (Phi) is 4.49. The maximum Gasteiger partial charge on any atom is 0.262 e. The number of hydrogen-bond donors (Lipinski definition) is 2. The molecule has 2 rings (SSSR count). The third-order valence-electron chi connectivity index (χ3n) is 2.44. The molecule has 2 aromatic rings. The molecular formula is C13H10F2N2O3S. The molecule has 21 heavy (non-hydrogen) atoms. The van der Waals surface area contributed by atoms with Gasteiger partial charge < -0.3 is 15.8 Å². The van der Waals surface area contributed by atoms with E-state index >= 15 is 0 Å². The summed E-state index contributed by atoms with van der Waals surface area (Å²) >= 11 is 1.13. The number of nitrogens with two attached hydrogens (primary N) is 1. The molecule has 0 aliphatic heterocycles. The van der Waals surface area contributed by atoms with Crippen LogP contribution in [-0.4, -0.2) is 18.4 Å². The molecule has 1 aromatic heterocycles. The summed E-state index contributed by atoms with van der Waals surface area (Å²) in [5.41, 5.74) is 5.33. The molecule has 1 aromatic carbocycles. The Bertz CT molecular complexity index is 688. The van der Waals surface area contributed by atoms with Crippen molar-refractivity contribution in [2.75, 3.05) is 11.9 Å². The second-order valence-electron chi connectivity index (χ2n) is 3.94. The van der Waals surface area contributed by atoms with E-state index in [1.54, 1.807) is 5.38 Å². The number of thiophene rings is 1. The Morgan fingerprint density at radius 3 is 2.67 bits per heavy atom. The van der Waals surface area contributed by atoms with Crippen LogP contribution < -0.4 is 15.8 Å². The summed E-state index contributed by atoms with van der Waals surface area (Å²) in [4.78, 5) is 22.7. The van der Waals surface area contributed by atoms with E-state index in [1.807, 2.05) is 0 Å². The fraction of sp³-hybridized carbons (Fsp3) is 0.0769. The fourth-order valence-electron chi connectivity index (χ4n) is 1.48. The molecule has 0 atom stereocenters. The first-order chi connectivity index (χ1) is 9.97. The minimum Gasteiger partial charge on any atom is -0.484 e. The topological polar surface area (TPSA) is 81.4 Å². The van der Waals surface area contributed by atoms with E-state index in [0.29, 0.717) is 5.00 Å². The van der Waals surface area contributed by atoms with Crippen LogP contribution in [0.2, 0.25) is 0 Å². The number of amides is 2. The number of rotatable bonds is 5. The minimum atomic E-state index is -1.07. The third kappa shape index (κ3) is 3.76. The molecular weight excluding hydrogens is 302 g/mol. The number of hydrogen-bond acceptors (Lipinski definition) is 4. The molecule has 110 valence electrons. The van der Waals surface area contributed by atoms with E-state index in [1.165, 1.54) is 12.1 Å². The average molecular weight is 312 g/mol. The van der Waals surface area contributed by atoms with Gasteiger partial charge in [0.05, 0.1) is 5.56 Å². The fourth-order valence-corrected chi connectivity index (χ4v) is 2.29. The lowest BCUT2D eigenvalue weighted by Crippen LogP contribution is -2.21. The van der Waals surface area contributed by atoms with E-state index in [4.69, 9.17) is 10.5 Å². The first-order valence-electron chi connectivity index (χ1n) is 5.72. The van der Waals surface area contributed by atoms with Gasteiger partial charge in [0, 0.05) is 6.07 Å². The lowest BCUT2D eigenvalue weighted by Gasteiger charge is -2.07. The smallest absolute Gasteiger partial charge is 0.262 e. The van der Waals surface area contributed by atoms with Gasteiger partial charge in [0.25, 0.3) is 11.8 Å². The Labute approximate surface area is 122 Å². The Hall–Kier alpha value is -2.48. The Morgan fingerprint density at radius 2 is 2.00 bits per heavy atom. The zero-order valence-corrected chi connectivity index (χ0v) is 11.4. The maximum absolute atomic E-state index is 12.9. The Balaban J connectivity index is 1.94. The third-order valence-corrected chi connectivity index (χ3v) is 3.27. The molecule has 0 saturated heterocycles. The zero-order chi connectivity index (χ0) is 15.4. The second kappa shape index (κ2) is 6.31. The van der Waals surface area contributed by atoms with Crippen LogP contribution >= 0.6 is 11.3 Å². The first kappa shape index (κ1) is 14.9. The van der Waals surface area contributed by atoms with Gasteiger partial charge in [0.15, 0.2) is 18.2 Å². The van der Waals surface area contributed by atoms with Crippen molar-refractivity contribution in [2.45, 2.75) is 0 Å². The van der Waals surface area contributed by atoms with Crippen LogP contribution in [0.5, 0.6) is 5.75 Å². The number of ether oxygens (including phenoxy) is 1. The predicted molar refractivity (Wildman–Crippen MR) is 73.3 cm³/mol. The van der Waals surface area contributed by atoms with Crippen LogP contribution in [0.25, 0.3) is 0 Å². The Morgan fingerprint density at radius 1 is 1.24 bits per heavy atom. The molecule has 1 heterocycles. The molecule has 0 aliphatic rings. The molecule has 3 N–H and O–H groups in total. The van der Waals surface area contributed by atoms with Crippen molar-refractivity contribution in [3.05, 3.63) is 46.8 Å². The van der Waals surface area contributed by atoms with Crippen LogP contribution in [-0.2, 0) is 4.79 Å². The number of primary amides is 1. The van der Waals surface area contributed by atoms with Crippen molar-refractivity contribution in [3.63, 3.8) is 0 Å². The van der Waals surface area contributed by atoms with E-state index in [0.717, 1.165) is 23.5 Å². The molecule has 0 saturated carbocycles. The van der Waals surface area contributed by atoms with Crippen LogP contribution in [0.3, 0.4) is 0 Å². The predicted octanol–water partition coefficient (Wildman–Crippen LogP) is 2.14. The summed E-state index contributed by atoms with van der Waals surface area (Å²) in [5, 5.41) is 4.36. The summed E-state index contributed by atoms with van der Waals surface area (Å²) < 4.78 is 30.7. The van der Waals surface area contributed by atoms with Gasteiger partial charge in [-0.2, -0.15) is 0 Å². The van der Waals surface area contributed by atoms with E-state index in [-0.39, 0.29) is 11.3 Å². The molecule has 2 amide bonds. The van der Waals surface area contributed by atoms with E-state index in [9.17, 15) is 18.4 Å². The van der Waals surface area contributed by atoms with Gasteiger partial charge in [-0.05, 0) is 23.6 Å². The molecule has 0 aliphatic carbocycles. The SMILES string of the molecule is NC(=O)c1ccsc1NC(=O)COc1ccc(F)c(F)c1. The van der Waals surface area contributed by atoms with Gasteiger partial charge >= 0.3 is 0 Å². The number of anilines is 1. The molecule has 0 bridgehead atoms. The molecule has 5 nitrogen and oxygen atoms in total. The number of halogens is 2. The highest BCUT2D eigenvalue weighted by atomic mass is 32.1. The first-order valence-corrected chi connectivity index (χ1v) is 6.60. The van der Waals surface area contributed by atoms with Crippen molar-refractivity contribution >= 4 is 28.2 Å². The number of carbonyl (C=O) groups excluding carboxylic acids is 2. The average Bonchev–Trinajstić information content (AvgIpc) is 2.88. The lowest BCUT2D eigenvalue weighted by molar-refractivity contribution is -0.118. The highest BCUT2D eigenvalue weighted by molar-refractivity contribution is 7.14. The van der Waals surface area contributed by atoms with Gasteiger partial charge in [-0.3, -0.25) is 9.59 Å². The van der Waals surface area contributed by atoms with Crippen molar-refractivity contribution in [2.24, 2.45) is 5.73 Å². The van der Waals surface area contributed by atoms with E-state index < -0.39 is 30.1 Å². The van der Waals surface area contributed by atoms with Crippen LogP contribution in [0, 0.1) is 11.6 Å². The number of benzene rings is 1. The molecule has 0 radical (unpaired) electrons. The quantitative estimate of drug-likeness (QED) is 0.887. The lowest BCUT2D eigenvalue weighted by atomic mass is 10.3. The molecule has 8 heteroatoms. The summed E-state index contributed by atoms with van der Waals surface area (Å²) in [6.45, 7) is -0.416. The highest BCUT2D eigenvalue weighted by Crippen LogP contribution is 2.22. The van der Waals surface area contributed by atoms with Gasteiger partial charge in [0.2, 0.25) is 0 Å². The van der Waals surface area contributed by atoms with Crippen LogP contribution in [0.4, 0.5) is 13.8 Å². The second-order valence-corrected chi connectivity index (χ2v) is 4.86. The summed E-state index contributed by atoms with van der Waals surface area (Å²) in [5.74, 6) is -3.26. The summed E-state index contributed by atoms with van der Waals surface area (Å²) in [6.07, 6.45) is 0. The van der Waals surface area contributed by atoms with Crippen LogP contribution in [0.1, 0.15) is 10.4 Å². The van der Waals surface area contributed by atoms with Crippen molar-refractivity contribution in [1.29, 1.82) is 0 Å². The van der Waals surface area contributed by atoms with Gasteiger partial charge in [-0.25, -0.2) is 8.78 Å². The molecule has 0 fully saturated rings. The number of nitrogens with one attached hydrogen (secondary N) is 1. The van der Waals surface area contributed by atoms with Crippen molar-refractivity contribution < 1.29 is 23.1 Å². The largest absolute Gasteiger partial charge is 0.484 e. The normalized spacial score (nSPS) is 10.2.